The minimum atomic E-state index is -0.374. The molecule has 0 saturated carbocycles. The average molecular weight is 358 g/mol. The first-order valence-corrected chi connectivity index (χ1v) is 9.78. The summed E-state index contributed by atoms with van der Waals surface area (Å²) in [6.45, 7) is 3.38. The fourth-order valence-corrected chi connectivity index (χ4v) is 4.79. The summed E-state index contributed by atoms with van der Waals surface area (Å²) in [6, 6.07) is 9.99. The molecular formula is C19H24N3O2S+. The van der Waals surface area contributed by atoms with Crippen LogP contribution in [0.4, 0.5) is 10.6 Å². The Bertz CT molecular complexity index is 751. The van der Waals surface area contributed by atoms with Crippen LogP contribution in [0.25, 0.3) is 10.4 Å². The molecule has 0 radical (unpaired) electrons. The summed E-state index contributed by atoms with van der Waals surface area (Å²) in [5.74, 6) is 0.586. The van der Waals surface area contributed by atoms with Crippen LogP contribution in [0.3, 0.4) is 0 Å². The number of rotatable bonds is 3. The highest BCUT2D eigenvalue weighted by molar-refractivity contribution is 7.13. The van der Waals surface area contributed by atoms with Gasteiger partial charge in [-0.15, -0.1) is 11.3 Å². The molecular weight excluding hydrogens is 334 g/mol. The lowest BCUT2D eigenvalue weighted by Gasteiger charge is -2.41. The van der Waals surface area contributed by atoms with Crippen LogP contribution in [0.2, 0.25) is 0 Å². The number of piperidine rings is 1. The number of carbonyl (C=O) groups is 1. The third-order valence-electron chi connectivity index (χ3n) is 5.68. The van der Waals surface area contributed by atoms with E-state index in [1.54, 1.807) is 5.51 Å². The van der Waals surface area contributed by atoms with Gasteiger partial charge in [0, 0.05) is 19.3 Å². The van der Waals surface area contributed by atoms with Gasteiger partial charge in [-0.3, -0.25) is 5.32 Å². The van der Waals surface area contributed by atoms with Crippen LogP contribution in [0.1, 0.15) is 25.7 Å². The first-order chi connectivity index (χ1) is 12.1. The minimum Gasteiger partial charge on any atom is -0.442 e. The maximum absolute atomic E-state index is 12.6. The van der Waals surface area contributed by atoms with Crippen molar-refractivity contribution in [1.82, 2.24) is 4.98 Å². The summed E-state index contributed by atoms with van der Waals surface area (Å²) in [7, 11) is 2.32. The van der Waals surface area contributed by atoms with E-state index in [0.717, 1.165) is 53.7 Å². The van der Waals surface area contributed by atoms with E-state index in [0.29, 0.717) is 5.82 Å². The van der Waals surface area contributed by atoms with Crippen molar-refractivity contribution in [2.75, 3.05) is 32.0 Å². The third-order valence-corrected chi connectivity index (χ3v) is 6.55. The SMILES string of the molecule is C[N+]12CCCC(OC(=O)Nc3ncsc3-c3ccccc3)(CC1)CC2. The van der Waals surface area contributed by atoms with Crippen LogP contribution in [0.5, 0.6) is 0 Å². The topological polar surface area (TPSA) is 51.2 Å². The first kappa shape index (κ1) is 16.5. The number of nitrogens with one attached hydrogen (secondary N) is 1. The molecule has 1 aromatic heterocycles. The Hall–Kier alpha value is -1.92. The standard InChI is InChI=1S/C19H23N3O2S/c1-22-11-5-8-19(9-12-22,10-13-22)24-18(23)21-17-16(25-14-20-17)15-6-3-2-4-7-15/h2-4,6-7,14H,5,8-13H2,1H3/p+1. The number of benzene rings is 1. The van der Waals surface area contributed by atoms with Crippen LogP contribution < -0.4 is 5.32 Å². The van der Waals surface area contributed by atoms with Crippen LogP contribution in [0.15, 0.2) is 35.8 Å². The molecule has 1 aromatic carbocycles. The van der Waals surface area contributed by atoms with Gasteiger partial charge in [0.05, 0.1) is 37.1 Å². The van der Waals surface area contributed by atoms with Gasteiger partial charge in [0.1, 0.15) is 5.60 Å². The molecule has 3 aliphatic rings. The van der Waals surface area contributed by atoms with E-state index in [1.807, 2.05) is 30.3 Å². The van der Waals surface area contributed by atoms with Crippen LogP contribution in [-0.4, -0.2) is 47.8 Å². The summed E-state index contributed by atoms with van der Waals surface area (Å²) < 4.78 is 7.08. The molecule has 2 aromatic rings. The zero-order valence-corrected chi connectivity index (χ0v) is 15.3. The van der Waals surface area contributed by atoms with E-state index in [2.05, 4.69) is 17.3 Å². The number of aromatic nitrogens is 1. The molecule has 0 atom stereocenters. The Labute approximate surface area is 152 Å². The summed E-state index contributed by atoms with van der Waals surface area (Å²) in [5, 5.41) is 2.88. The van der Waals surface area contributed by atoms with Crippen LogP contribution >= 0.6 is 11.3 Å². The molecule has 1 N–H and O–H groups in total. The zero-order chi connectivity index (χ0) is 17.3. The Balaban J connectivity index is 1.46. The van der Waals surface area contributed by atoms with E-state index in [4.69, 9.17) is 4.74 Å². The van der Waals surface area contributed by atoms with Gasteiger partial charge in [-0.05, 0) is 12.0 Å². The summed E-state index contributed by atoms with van der Waals surface area (Å²) in [5.41, 5.74) is 2.52. The first-order valence-electron chi connectivity index (χ1n) is 8.90. The minimum absolute atomic E-state index is 0.290. The second kappa shape index (κ2) is 6.42. The molecule has 132 valence electrons. The lowest BCUT2D eigenvalue weighted by molar-refractivity contribution is -0.913. The maximum Gasteiger partial charge on any atom is 0.413 e. The third kappa shape index (κ3) is 3.41. The highest BCUT2D eigenvalue weighted by atomic mass is 32.1. The second-order valence-electron chi connectivity index (χ2n) is 7.49. The Kier molecular flexibility index (Phi) is 4.25. The number of hydrogen-bond acceptors (Lipinski definition) is 4. The second-order valence-corrected chi connectivity index (χ2v) is 8.34. The van der Waals surface area contributed by atoms with Crippen molar-refractivity contribution in [2.45, 2.75) is 31.3 Å². The number of thiazole rings is 1. The predicted octanol–water partition coefficient (Wildman–Crippen LogP) is 4.13. The van der Waals surface area contributed by atoms with E-state index >= 15 is 0 Å². The van der Waals surface area contributed by atoms with Crippen molar-refractivity contribution in [3.63, 3.8) is 0 Å². The van der Waals surface area contributed by atoms with Crippen molar-refractivity contribution in [2.24, 2.45) is 0 Å². The van der Waals surface area contributed by atoms with Gasteiger partial charge in [0.2, 0.25) is 0 Å². The Morgan fingerprint density at radius 2 is 1.96 bits per heavy atom. The molecule has 3 aliphatic heterocycles. The van der Waals surface area contributed by atoms with Gasteiger partial charge in [0.15, 0.2) is 5.82 Å². The van der Waals surface area contributed by atoms with Crippen LogP contribution in [-0.2, 0) is 4.74 Å². The molecule has 0 unspecified atom stereocenters. The molecule has 6 heteroatoms. The van der Waals surface area contributed by atoms with Gasteiger partial charge in [-0.25, -0.2) is 9.78 Å². The van der Waals surface area contributed by atoms with E-state index in [1.165, 1.54) is 17.9 Å². The maximum atomic E-state index is 12.6. The highest BCUT2D eigenvalue weighted by Crippen LogP contribution is 2.38. The molecule has 5 rings (SSSR count). The molecule has 1 amide bonds. The van der Waals surface area contributed by atoms with E-state index in [-0.39, 0.29) is 11.7 Å². The van der Waals surface area contributed by atoms with Gasteiger partial charge in [-0.1, -0.05) is 30.3 Å². The number of hydrogen-bond donors (Lipinski definition) is 1. The highest BCUT2D eigenvalue weighted by Gasteiger charge is 2.46. The Morgan fingerprint density at radius 1 is 1.20 bits per heavy atom. The van der Waals surface area contributed by atoms with Crippen molar-refractivity contribution in [3.8, 4) is 10.4 Å². The van der Waals surface area contributed by atoms with Crippen molar-refractivity contribution in [3.05, 3.63) is 35.8 Å². The van der Waals surface area contributed by atoms with Gasteiger partial charge in [0.25, 0.3) is 0 Å². The number of nitrogens with zero attached hydrogens (tertiary/aromatic N) is 2. The zero-order valence-electron chi connectivity index (χ0n) is 14.5. The monoisotopic (exact) mass is 358 g/mol. The van der Waals surface area contributed by atoms with Gasteiger partial charge in [-0.2, -0.15) is 0 Å². The molecule has 0 spiro atoms. The molecule has 0 aliphatic carbocycles. The molecule has 4 heterocycles. The number of fused-ring (bicyclic) bond motifs is 4. The predicted molar refractivity (Wildman–Crippen MR) is 99.6 cm³/mol. The van der Waals surface area contributed by atoms with Crippen molar-refractivity contribution >= 4 is 23.2 Å². The van der Waals surface area contributed by atoms with Gasteiger partial charge >= 0.3 is 6.09 Å². The molecule has 2 bridgehead atoms. The number of anilines is 1. The normalized spacial score (nSPS) is 28.4. The number of amides is 1. The van der Waals surface area contributed by atoms with Gasteiger partial charge < -0.3 is 9.22 Å². The lowest BCUT2D eigenvalue weighted by atomic mass is 9.89. The fourth-order valence-electron chi connectivity index (χ4n) is 4.04. The van der Waals surface area contributed by atoms with Crippen molar-refractivity contribution < 1.29 is 14.0 Å². The summed E-state index contributed by atoms with van der Waals surface area (Å²) in [4.78, 5) is 17.8. The molecule has 3 fully saturated rings. The average Bonchev–Trinajstić information content (AvgIpc) is 2.92. The molecule has 3 saturated heterocycles. The smallest absolute Gasteiger partial charge is 0.413 e. The van der Waals surface area contributed by atoms with Crippen LogP contribution in [0, 0.1) is 0 Å². The number of carbonyl (C=O) groups excluding carboxylic acids is 1. The summed E-state index contributed by atoms with van der Waals surface area (Å²) >= 11 is 1.52. The quantitative estimate of drug-likeness (QED) is 0.839. The summed E-state index contributed by atoms with van der Waals surface area (Å²) in [6.07, 6.45) is 3.63. The van der Waals surface area contributed by atoms with E-state index in [9.17, 15) is 4.79 Å². The Morgan fingerprint density at radius 3 is 2.72 bits per heavy atom. The van der Waals surface area contributed by atoms with Crippen molar-refractivity contribution in [1.29, 1.82) is 0 Å². The fraction of sp³-hybridized carbons (Fsp3) is 0.474. The largest absolute Gasteiger partial charge is 0.442 e. The number of quaternary nitrogens is 1. The molecule has 25 heavy (non-hydrogen) atoms. The number of ether oxygens (including phenoxy) is 1. The lowest BCUT2D eigenvalue weighted by Crippen LogP contribution is -2.53. The van der Waals surface area contributed by atoms with E-state index < -0.39 is 0 Å². The molecule has 5 nitrogen and oxygen atoms in total.